The number of anilines is 3. The quantitative estimate of drug-likeness (QED) is 0.204. The molecule has 0 bridgehead atoms. The number of thiophene rings is 1. The fraction of sp³-hybridized carbons (Fsp3) is 0.100. The van der Waals surface area contributed by atoms with Crippen molar-refractivity contribution in [2.75, 3.05) is 4.90 Å². The highest BCUT2D eigenvalue weighted by atomic mass is 32.1. The average Bonchev–Trinajstić information content (AvgIpc) is 3.57. The zero-order chi connectivity index (χ0) is 29.1. The van der Waals surface area contributed by atoms with Crippen molar-refractivity contribution in [3.8, 4) is 5.69 Å². The summed E-state index contributed by atoms with van der Waals surface area (Å²) in [7, 11) is 0. The van der Waals surface area contributed by atoms with Crippen molar-refractivity contribution < 1.29 is 0 Å². The molecule has 8 rings (SSSR count). The number of aromatic nitrogens is 1. The molecule has 0 amide bonds. The van der Waals surface area contributed by atoms with Crippen molar-refractivity contribution in [3.63, 3.8) is 0 Å². The van der Waals surface area contributed by atoms with Crippen LogP contribution in [0.25, 0.3) is 47.7 Å². The van der Waals surface area contributed by atoms with Crippen LogP contribution in [0.3, 0.4) is 0 Å². The number of hydrogen-bond donors (Lipinski definition) is 0. The summed E-state index contributed by atoms with van der Waals surface area (Å²) >= 11 is 1.86. The molecule has 3 heteroatoms. The van der Waals surface area contributed by atoms with Crippen molar-refractivity contribution in [1.29, 1.82) is 0 Å². The third-order valence-electron chi connectivity index (χ3n) is 8.54. The first-order valence-corrected chi connectivity index (χ1v) is 15.7. The third kappa shape index (κ3) is 4.23. The van der Waals surface area contributed by atoms with Crippen molar-refractivity contribution >= 4 is 70.4 Å². The van der Waals surface area contributed by atoms with Gasteiger partial charge in [-0.3, -0.25) is 0 Å². The molecule has 0 unspecified atom stereocenters. The van der Waals surface area contributed by atoms with Crippen LogP contribution < -0.4 is 4.90 Å². The number of para-hydroxylation sites is 4. The van der Waals surface area contributed by atoms with Gasteiger partial charge in [-0.25, -0.2) is 0 Å². The van der Waals surface area contributed by atoms with E-state index in [1.54, 1.807) is 0 Å². The van der Waals surface area contributed by atoms with Crippen LogP contribution in [-0.4, -0.2) is 4.57 Å². The molecule has 43 heavy (non-hydrogen) atoms. The minimum absolute atomic E-state index is 0.0733. The van der Waals surface area contributed by atoms with Gasteiger partial charge in [0.25, 0.3) is 0 Å². The second-order valence-electron chi connectivity index (χ2n) is 12.3. The van der Waals surface area contributed by atoms with Crippen LogP contribution in [-0.2, 0) is 5.41 Å². The van der Waals surface area contributed by atoms with Crippen LogP contribution in [0.2, 0.25) is 0 Å². The van der Waals surface area contributed by atoms with E-state index in [0.717, 1.165) is 22.7 Å². The number of rotatable bonds is 4. The third-order valence-corrected chi connectivity index (χ3v) is 9.69. The van der Waals surface area contributed by atoms with Gasteiger partial charge in [-0.15, -0.1) is 11.3 Å². The largest absolute Gasteiger partial charge is 0.308 e. The lowest BCUT2D eigenvalue weighted by Crippen LogP contribution is -2.13. The maximum atomic E-state index is 2.45. The average molecular weight is 573 g/mol. The van der Waals surface area contributed by atoms with Crippen LogP contribution in [0.15, 0.2) is 140 Å². The number of nitrogens with zero attached hydrogens (tertiary/aromatic N) is 2. The van der Waals surface area contributed by atoms with Crippen LogP contribution in [0.5, 0.6) is 0 Å². The van der Waals surface area contributed by atoms with E-state index < -0.39 is 0 Å². The van der Waals surface area contributed by atoms with Gasteiger partial charge in [0.05, 0.1) is 22.4 Å². The molecule has 2 heterocycles. The molecule has 8 aromatic rings. The fourth-order valence-corrected chi connectivity index (χ4v) is 7.49. The van der Waals surface area contributed by atoms with Crippen LogP contribution >= 0.6 is 11.3 Å². The lowest BCUT2D eigenvalue weighted by molar-refractivity contribution is 0.591. The number of fused-ring (bicyclic) bond motifs is 6. The summed E-state index contributed by atoms with van der Waals surface area (Å²) in [4.78, 5) is 2.41. The maximum absolute atomic E-state index is 2.45. The molecule has 0 aliphatic carbocycles. The summed E-state index contributed by atoms with van der Waals surface area (Å²) < 4.78 is 5.07. The summed E-state index contributed by atoms with van der Waals surface area (Å²) in [5.41, 5.74) is 8.40. The Balaban J connectivity index is 1.41. The SMILES string of the molecule is CC(C)(C)c1ccc2c(c1)c1ccccc1n2-c1ccccc1N(c1ccccc1)c1ccc2sc3ccccc3c2c1. The van der Waals surface area contributed by atoms with E-state index in [1.165, 1.54) is 47.5 Å². The van der Waals surface area contributed by atoms with Gasteiger partial charge < -0.3 is 9.47 Å². The van der Waals surface area contributed by atoms with Gasteiger partial charge >= 0.3 is 0 Å². The first-order valence-electron chi connectivity index (χ1n) is 14.9. The lowest BCUT2D eigenvalue weighted by Gasteiger charge is -2.28. The minimum Gasteiger partial charge on any atom is -0.308 e. The molecule has 0 radical (unpaired) electrons. The monoisotopic (exact) mass is 572 g/mol. The summed E-state index contributed by atoms with van der Waals surface area (Å²) in [6.45, 7) is 6.86. The molecule has 2 aromatic heterocycles. The summed E-state index contributed by atoms with van der Waals surface area (Å²) in [5, 5.41) is 5.16. The molecule has 6 aromatic carbocycles. The Hall–Kier alpha value is -4.86. The molecule has 0 aliphatic rings. The van der Waals surface area contributed by atoms with E-state index in [-0.39, 0.29) is 5.41 Å². The van der Waals surface area contributed by atoms with Gasteiger partial charge in [0, 0.05) is 42.3 Å². The standard InChI is InChI=1S/C40H32N2S/c1-40(2,3)27-21-23-35-32(25-27)30-15-7-9-17-34(30)42(35)37-19-11-10-18-36(37)41(28-13-5-4-6-14-28)29-22-24-39-33(26-29)31-16-8-12-20-38(31)43-39/h4-26H,1-3H3. The Morgan fingerprint density at radius 1 is 0.512 bits per heavy atom. The highest BCUT2D eigenvalue weighted by molar-refractivity contribution is 7.25. The Morgan fingerprint density at radius 3 is 2.02 bits per heavy atom. The summed E-state index contributed by atoms with van der Waals surface area (Å²) in [6, 6.07) is 51.0. The second kappa shape index (κ2) is 9.86. The normalized spacial score (nSPS) is 12.1. The van der Waals surface area contributed by atoms with Crippen LogP contribution in [0.4, 0.5) is 17.1 Å². The molecule has 0 N–H and O–H groups in total. The second-order valence-corrected chi connectivity index (χ2v) is 13.4. The van der Waals surface area contributed by atoms with Crippen molar-refractivity contribution in [2.45, 2.75) is 26.2 Å². The zero-order valence-corrected chi connectivity index (χ0v) is 25.4. The predicted molar refractivity (Wildman–Crippen MR) is 187 cm³/mol. The van der Waals surface area contributed by atoms with Gasteiger partial charge in [0.15, 0.2) is 0 Å². The minimum atomic E-state index is 0.0733. The van der Waals surface area contributed by atoms with E-state index in [9.17, 15) is 0 Å². The van der Waals surface area contributed by atoms with Crippen molar-refractivity contribution in [3.05, 3.63) is 145 Å². The maximum Gasteiger partial charge on any atom is 0.0702 e. The van der Waals surface area contributed by atoms with Gasteiger partial charge in [-0.1, -0.05) is 93.6 Å². The molecular weight excluding hydrogens is 541 g/mol. The Morgan fingerprint density at radius 2 is 1.19 bits per heavy atom. The molecule has 0 spiro atoms. The smallest absolute Gasteiger partial charge is 0.0702 e. The van der Waals surface area contributed by atoms with Gasteiger partial charge in [-0.2, -0.15) is 0 Å². The topological polar surface area (TPSA) is 8.17 Å². The predicted octanol–water partition coefficient (Wildman–Crippen LogP) is 11.9. The van der Waals surface area contributed by atoms with E-state index in [0.29, 0.717) is 0 Å². The highest BCUT2D eigenvalue weighted by Gasteiger charge is 2.22. The molecule has 208 valence electrons. The number of benzene rings is 6. The molecule has 0 aliphatic heterocycles. The summed E-state index contributed by atoms with van der Waals surface area (Å²) in [6.07, 6.45) is 0. The highest BCUT2D eigenvalue weighted by Crippen LogP contribution is 2.44. The molecule has 0 atom stereocenters. The number of hydrogen-bond acceptors (Lipinski definition) is 2. The van der Waals surface area contributed by atoms with Crippen molar-refractivity contribution in [1.82, 2.24) is 4.57 Å². The van der Waals surface area contributed by atoms with Crippen LogP contribution in [0, 0.1) is 0 Å². The Kier molecular flexibility index (Phi) is 5.92. The van der Waals surface area contributed by atoms with Gasteiger partial charge in [-0.05, 0) is 77.7 Å². The molecule has 0 fully saturated rings. The van der Waals surface area contributed by atoms with Crippen molar-refractivity contribution in [2.24, 2.45) is 0 Å². The van der Waals surface area contributed by atoms with Gasteiger partial charge in [0.1, 0.15) is 0 Å². The van der Waals surface area contributed by atoms with E-state index in [2.05, 4.69) is 170 Å². The molecule has 2 nitrogen and oxygen atoms in total. The summed E-state index contributed by atoms with van der Waals surface area (Å²) in [5.74, 6) is 0. The lowest BCUT2D eigenvalue weighted by atomic mass is 9.86. The first kappa shape index (κ1) is 25.8. The Bertz CT molecular complexity index is 2280. The molecule has 0 saturated heterocycles. The molecule has 0 saturated carbocycles. The fourth-order valence-electron chi connectivity index (χ4n) is 6.40. The molecular formula is C40H32N2S. The van der Waals surface area contributed by atoms with Gasteiger partial charge in [0.2, 0.25) is 0 Å². The Labute approximate surface area is 256 Å². The zero-order valence-electron chi connectivity index (χ0n) is 24.6. The first-order chi connectivity index (χ1) is 21.0. The van der Waals surface area contributed by atoms with Crippen LogP contribution in [0.1, 0.15) is 26.3 Å². The van der Waals surface area contributed by atoms with E-state index in [4.69, 9.17) is 0 Å². The van der Waals surface area contributed by atoms with E-state index >= 15 is 0 Å². The van der Waals surface area contributed by atoms with E-state index in [1.807, 2.05) is 11.3 Å².